The second kappa shape index (κ2) is 12.3. The molecule has 158 valence electrons. The van der Waals surface area contributed by atoms with Crippen LogP contribution in [0.25, 0.3) is 0 Å². The van der Waals surface area contributed by atoms with Gasteiger partial charge in [-0.25, -0.2) is 15.0 Å². The van der Waals surface area contributed by atoms with Crippen molar-refractivity contribution in [1.29, 1.82) is 0 Å². The molecule has 0 unspecified atom stereocenters. The van der Waals surface area contributed by atoms with Crippen molar-refractivity contribution in [2.45, 2.75) is 26.5 Å². The number of hydrogen-bond acceptors (Lipinski definition) is 7. The first-order valence-electron chi connectivity index (χ1n) is 9.22. The average Bonchev–Trinajstić information content (AvgIpc) is 3.05. The number of ether oxygens (including phenoxy) is 1. The number of aliphatic imine (C=N–C) groups is 1. The molecule has 0 bridgehead atoms. The molecule has 9 nitrogen and oxygen atoms in total. The quantitative estimate of drug-likeness (QED) is 0.203. The van der Waals surface area contributed by atoms with E-state index in [4.69, 9.17) is 17.0 Å². The number of H-pyrrole nitrogens is 1. The maximum absolute atomic E-state index is 5.33. The fourth-order valence-corrected chi connectivity index (χ4v) is 3.39. The van der Waals surface area contributed by atoms with Crippen LogP contribution in [0.2, 0.25) is 0 Å². The van der Waals surface area contributed by atoms with Gasteiger partial charge in [0.05, 0.1) is 25.2 Å². The van der Waals surface area contributed by atoms with Crippen LogP contribution in [0, 0.1) is 20.8 Å². The monoisotopic (exact) mass is 436 g/mol. The van der Waals surface area contributed by atoms with Crippen LogP contribution >= 0.6 is 24.0 Å². The molecule has 2 heterocycles. The molecule has 2 aromatic rings. The largest absolute Gasteiger partial charge is 0.383 e. The van der Waals surface area contributed by atoms with Gasteiger partial charge >= 0.3 is 0 Å². The normalized spacial score (nSPS) is 11.4. The molecule has 0 aliphatic heterocycles. The van der Waals surface area contributed by atoms with E-state index in [2.05, 4.69) is 40.9 Å². The number of rotatable bonds is 9. The number of methoxy groups -OCH3 is 1. The second-order valence-corrected chi connectivity index (χ2v) is 7.74. The van der Waals surface area contributed by atoms with Crippen LogP contribution in [-0.2, 0) is 10.5 Å². The Morgan fingerprint density at radius 2 is 2.03 bits per heavy atom. The number of aromatic amines is 1. The molecule has 0 saturated carbocycles. The molecule has 29 heavy (non-hydrogen) atoms. The molecule has 4 N–H and O–H groups in total. The Morgan fingerprint density at radius 3 is 2.69 bits per heavy atom. The molecule has 0 aromatic carbocycles. The van der Waals surface area contributed by atoms with Crippen molar-refractivity contribution < 1.29 is 4.74 Å². The van der Waals surface area contributed by atoms with Crippen LogP contribution in [0.1, 0.15) is 22.8 Å². The van der Waals surface area contributed by atoms with E-state index >= 15 is 0 Å². The Kier molecular flexibility index (Phi) is 9.81. The lowest BCUT2D eigenvalue weighted by atomic mass is 10.4. The van der Waals surface area contributed by atoms with Gasteiger partial charge in [0.15, 0.2) is 5.11 Å². The number of thiocarbonyl (C=S) groups is 1. The van der Waals surface area contributed by atoms with Crippen molar-refractivity contribution >= 4 is 41.0 Å². The topological polar surface area (TPSA) is 112 Å². The highest BCUT2D eigenvalue weighted by atomic mass is 32.2. The van der Waals surface area contributed by atoms with Crippen molar-refractivity contribution in [3.63, 3.8) is 0 Å². The molecule has 0 amide bonds. The third kappa shape index (κ3) is 8.75. The number of thioether (sulfide) groups is 1. The van der Waals surface area contributed by atoms with Gasteiger partial charge in [-0.1, -0.05) is 0 Å². The van der Waals surface area contributed by atoms with Gasteiger partial charge in [0.25, 0.3) is 0 Å². The molecule has 0 aliphatic carbocycles. The van der Waals surface area contributed by atoms with Crippen molar-refractivity contribution in [3.05, 3.63) is 35.2 Å². The molecule has 0 radical (unpaired) electrons. The summed E-state index contributed by atoms with van der Waals surface area (Å²) in [6, 6.07) is 1.92. The zero-order valence-corrected chi connectivity index (χ0v) is 18.8. The summed E-state index contributed by atoms with van der Waals surface area (Å²) in [6.07, 6.45) is 1.72. The third-order valence-electron chi connectivity index (χ3n) is 3.71. The third-order valence-corrected chi connectivity index (χ3v) is 4.91. The molecular weight excluding hydrogens is 408 g/mol. The van der Waals surface area contributed by atoms with Gasteiger partial charge < -0.3 is 20.4 Å². The number of anilines is 1. The number of nitrogens with zero attached hydrogens (tertiary/aromatic N) is 4. The first-order valence-corrected chi connectivity index (χ1v) is 10.8. The Morgan fingerprint density at radius 1 is 1.28 bits per heavy atom. The second-order valence-electron chi connectivity index (χ2n) is 6.23. The summed E-state index contributed by atoms with van der Waals surface area (Å²) in [7, 11) is 1.65. The van der Waals surface area contributed by atoms with Gasteiger partial charge in [0, 0.05) is 42.2 Å². The summed E-state index contributed by atoms with van der Waals surface area (Å²) in [5, 5.41) is 9.72. The van der Waals surface area contributed by atoms with Gasteiger partial charge in [-0.3, -0.25) is 10.3 Å². The minimum absolute atomic E-state index is 0.456. The summed E-state index contributed by atoms with van der Waals surface area (Å²) in [6.45, 7) is 7.65. The molecule has 2 rings (SSSR count). The number of hydrogen-bond donors (Lipinski definition) is 4. The fourth-order valence-electron chi connectivity index (χ4n) is 2.34. The van der Waals surface area contributed by atoms with Crippen molar-refractivity contribution in [3.8, 4) is 0 Å². The molecular formula is C18H28N8OS2. The van der Waals surface area contributed by atoms with Gasteiger partial charge in [0.1, 0.15) is 0 Å². The van der Waals surface area contributed by atoms with Gasteiger partial charge in [-0.05, 0) is 39.1 Å². The van der Waals surface area contributed by atoms with E-state index in [-0.39, 0.29) is 0 Å². The lowest BCUT2D eigenvalue weighted by Gasteiger charge is -2.14. The van der Waals surface area contributed by atoms with Gasteiger partial charge in [0.2, 0.25) is 11.9 Å². The predicted molar refractivity (Wildman–Crippen MR) is 123 cm³/mol. The van der Waals surface area contributed by atoms with E-state index in [1.54, 1.807) is 25.2 Å². The standard InChI is InChI=1S/C18H28N8OS2/c1-12-9-13(2)24-17(23-12)25-16(26-18(28)20-5-7-27-4)19-6-8-29-10-15-14(3)21-11-22-15/h9,11H,5-8,10H2,1-4H3,(H,21,22)(H3,19,20,23,24,25,26,28). The highest BCUT2D eigenvalue weighted by Crippen LogP contribution is 2.12. The molecule has 0 saturated heterocycles. The van der Waals surface area contributed by atoms with Crippen LogP contribution in [0.15, 0.2) is 17.4 Å². The van der Waals surface area contributed by atoms with E-state index in [0.29, 0.717) is 36.7 Å². The Bertz CT molecular complexity index is 804. The summed E-state index contributed by atoms with van der Waals surface area (Å²) < 4.78 is 5.02. The lowest BCUT2D eigenvalue weighted by molar-refractivity contribution is 0.204. The van der Waals surface area contributed by atoms with Crippen LogP contribution in [0.4, 0.5) is 5.95 Å². The number of nitrogens with one attached hydrogen (secondary N) is 4. The number of imidazole rings is 1. The Balaban J connectivity index is 1.93. The van der Waals surface area contributed by atoms with Crippen LogP contribution < -0.4 is 16.0 Å². The van der Waals surface area contributed by atoms with Crippen molar-refractivity contribution in [2.24, 2.45) is 4.99 Å². The van der Waals surface area contributed by atoms with E-state index in [0.717, 1.165) is 34.3 Å². The fraction of sp³-hybridized carbons (Fsp3) is 0.500. The van der Waals surface area contributed by atoms with Crippen molar-refractivity contribution in [2.75, 3.05) is 37.9 Å². The SMILES string of the molecule is COCCNC(=S)NC(=NCCSCc1nc[nH]c1C)Nc1nc(C)cc(C)n1. The zero-order valence-electron chi connectivity index (χ0n) is 17.2. The average molecular weight is 437 g/mol. The molecule has 2 aromatic heterocycles. The van der Waals surface area contributed by atoms with Crippen LogP contribution in [0.5, 0.6) is 0 Å². The van der Waals surface area contributed by atoms with Gasteiger partial charge in [-0.2, -0.15) is 11.8 Å². The van der Waals surface area contributed by atoms with E-state index in [9.17, 15) is 0 Å². The minimum atomic E-state index is 0.456. The van der Waals surface area contributed by atoms with E-state index in [1.165, 1.54) is 0 Å². The number of aryl methyl sites for hydroxylation is 3. The first kappa shape index (κ1) is 23.0. The maximum Gasteiger partial charge on any atom is 0.229 e. The van der Waals surface area contributed by atoms with E-state index < -0.39 is 0 Å². The first-order chi connectivity index (χ1) is 14.0. The van der Waals surface area contributed by atoms with Crippen LogP contribution in [0.3, 0.4) is 0 Å². The maximum atomic E-state index is 5.33. The molecule has 0 fully saturated rings. The lowest BCUT2D eigenvalue weighted by Crippen LogP contribution is -2.44. The summed E-state index contributed by atoms with van der Waals surface area (Å²) in [5.74, 6) is 2.67. The zero-order chi connectivity index (χ0) is 21.1. The Hall–Kier alpha value is -2.24. The number of aromatic nitrogens is 4. The highest BCUT2D eigenvalue weighted by Gasteiger charge is 2.07. The predicted octanol–water partition coefficient (Wildman–Crippen LogP) is 1.94. The molecule has 0 atom stereocenters. The minimum Gasteiger partial charge on any atom is -0.383 e. The molecule has 0 spiro atoms. The Labute approximate surface area is 181 Å². The molecule has 11 heteroatoms. The highest BCUT2D eigenvalue weighted by molar-refractivity contribution is 7.98. The van der Waals surface area contributed by atoms with E-state index in [1.807, 2.05) is 26.8 Å². The molecule has 0 aliphatic rings. The number of guanidine groups is 1. The summed E-state index contributed by atoms with van der Waals surface area (Å²) in [5.41, 5.74) is 3.93. The van der Waals surface area contributed by atoms with Gasteiger partial charge in [-0.15, -0.1) is 0 Å². The summed E-state index contributed by atoms with van der Waals surface area (Å²) >= 11 is 7.10. The smallest absolute Gasteiger partial charge is 0.229 e. The van der Waals surface area contributed by atoms with Crippen molar-refractivity contribution in [1.82, 2.24) is 30.6 Å². The van der Waals surface area contributed by atoms with Crippen LogP contribution in [-0.4, -0.2) is 63.6 Å². The summed E-state index contributed by atoms with van der Waals surface area (Å²) in [4.78, 5) is 20.8.